The lowest BCUT2D eigenvalue weighted by Gasteiger charge is -2.21. The molecule has 0 aromatic heterocycles. The highest BCUT2D eigenvalue weighted by molar-refractivity contribution is 4.53. The maximum Gasteiger partial charge on any atom is 0.0730 e. The minimum Gasteiger partial charge on any atom is -0.396 e. The topological polar surface area (TPSA) is 83.4 Å². The van der Waals surface area contributed by atoms with Crippen molar-refractivity contribution in [3.05, 3.63) is 0 Å². The highest BCUT2D eigenvalue weighted by atomic mass is 16.9. The zero-order valence-electron chi connectivity index (χ0n) is 11.1. The molecule has 1 aliphatic rings. The SMILES string of the molecule is CN1CCOCC1.OCCCONOCCCO. The highest BCUT2D eigenvalue weighted by Gasteiger charge is 2.02. The second kappa shape index (κ2) is 14.8. The second-order valence-corrected chi connectivity index (χ2v) is 3.85. The van der Waals surface area contributed by atoms with Gasteiger partial charge in [-0.25, -0.2) is 0 Å². The Balaban J connectivity index is 0.000000351. The van der Waals surface area contributed by atoms with Gasteiger partial charge in [-0.05, 0) is 19.9 Å². The van der Waals surface area contributed by atoms with E-state index in [1.807, 2.05) is 0 Å². The summed E-state index contributed by atoms with van der Waals surface area (Å²) in [6.07, 6.45) is 1.16. The van der Waals surface area contributed by atoms with Gasteiger partial charge < -0.3 is 19.8 Å². The van der Waals surface area contributed by atoms with Crippen molar-refractivity contribution in [3.63, 3.8) is 0 Å². The van der Waals surface area contributed by atoms with E-state index in [2.05, 4.69) is 17.6 Å². The van der Waals surface area contributed by atoms with Crippen molar-refractivity contribution in [3.8, 4) is 0 Å². The summed E-state index contributed by atoms with van der Waals surface area (Å²) in [5, 5.41) is 16.7. The van der Waals surface area contributed by atoms with Crippen LogP contribution in [0.3, 0.4) is 0 Å². The van der Waals surface area contributed by atoms with Gasteiger partial charge in [0.1, 0.15) is 0 Å². The normalized spacial score (nSPS) is 16.2. The van der Waals surface area contributed by atoms with Crippen molar-refractivity contribution in [2.45, 2.75) is 12.8 Å². The fourth-order valence-electron chi connectivity index (χ4n) is 1.05. The number of morpholine rings is 1. The van der Waals surface area contributed by atoms with Crippen molar-refractivity contribution in [2.24, 2.45) is 0 Å². The lowest BCUT2D eigenvalue weighted by Crippen LogP contribution is -2.32. The first-order valence-corrected chi connectivity index (χ1v) is 6.28. The molecule has 0 unspecified atom stereocenters. The monoisotopic (exact) mass is 266 g/mol. The average Bonchev–Trinajstić information content (AvgIpc) is 2.39. The van der Waals surface area contributed by atoms with Gasteiger partial charge in [0, 0.05) is 26.3 Å². The third kappa shape index (κ3) is 13.8. The van der Waals surface area contributed by atoms with E-state index in [-0.39, 0.29) is 13.2 Å². The number of hydrogen-bond donors (Lipinski definition) is 3. The molecule has 1 rings (SSSR count). The van der Waals surface area contributed by atoms with Gasteiger partial charge in [0.15, 0.2) is 0 Å². The van der Waals surface area contributed by atoms with Gasteiger partial charge in [-0.3, -0.25) is 9.68 Å². The largest absolute Gasteiger partial charge is 0.396 e. The molecular weight excluding hydrogens is 240 g/mol. The van der Waals surface area contributed by atoms with Crippen molar-refractivity contribution in [1.29, 1.82) is 0 Å². The molecule has 110 valence electrons. The molecule has 1 aliphatic heterocycles. The van der Waals surface area contributed by atoms with Crippen LogP contribution in [0.5, 0.6) is 0 Å². The number of hydrogen-bond acceptors (Lipinski definition) is 7. The minimum absolute atomic E-state index is 0.109. The number of ether oxygens (including phenoxy) is 1. The van der Waals surface area contributed by atoms with Gasteiger partial charge in [0.2, 0.25) is 0 Å². The Morgan fingerprint density at radius 2 is 1.56 bits per heavy atom. The molecule has 7 heteroatoms. The molecule has 1 saturated heterocycles. The molecule has 0 spiro atoms. The quantitative estimate of drug-likeness (QED) is 0.390. The van der Waals surface area contributed by atoms with E-state index in [0.29, 0.717) is 26.1 Å². The Morgan fingerprint density at radius 3 is 1.89 bits per heavy atom. The number of aliphatic hydroxyl groups excluding tert-OH is 2. The van der Waals surface area contributed by atoms with Crippen LogP contribution in [0.15, 0.2) is 0 Å². The number of nitrogens with zero attached hydrogens (tertiary/aromatic N) is 1. The zero-order valence-corrected chi connectivity index (χ0v) is 11.1. The number of likely N-dealkylation sites (N-methyl/N-ethyl adjacent to an activating group) is 1. The summed E-state index contributed by atoms with van der Waals surface area (Å²) in [5.41, 5.74) is 2.23. The zero-order chi connectivity index (χ0) is 13.5. The summed E-state index contributed by atoms with van der Waals surface area (Å²) in [5.74, 6) is 0. The Labute approximate surface area is 109 Å². The Hall–Kier alpha value is -0.280. The Kier molecular flexibility index (Phi) is 14.5. The number of rotatable bonds is 8. The molecule has 0 saturated carbocycles. The molecule has 0 aliphatic carbocycles. The molecule has 0 bridgehead atoms. The molecule has 18 heavy (non-hydrogen) atoms. The van der Waals surface area contributed by atoms with Crippen molar-refractivity contribution >= 4 is 0 Å². The second-order valence-electron chi connectivity index (χ2n) is 3.85. The predicted octanol–water partition coefficient (Wildman–Crippen LogP) is -0.848. The summed E-state index contributed by atoms with van der Waals surface area (Å²) in [6.45, 7) is 5.06. The third-order valence-electron chi connectivity index (χ3n) is 2.16. The van der Waals surface area contributed by atoms with Gasteiger partial charge in [-0.2, -0.15) is 0 Å². The van der Waals surface area contributed by atoms with Gasteiger partial charge in [0.05, 0.1) is 26.4 Å². The van der Waals surface area contributed by atoms with E-state index >= 15 is 0 Å². The van der Waals surface area contributed by atoms with Crippen LogP contribution < -0.4 is 5.64 Å². The maximum atomic E-state index is 8.33. The highest BCUT2D eigenvalue weighted by Crippen LogP contribution is 1.89. The molecule has 1 heterocycles. The smallest absolute Gasteiger partial charge is 0.0730 e. The van der Waals surface area contributed by atoms with E-state index < -0.39 is 0 Å². The van der Waals surface area contributed by atoms with Gasteiger partial charge >= 0.3 is 0 Å². The van der Waals surface area contributed by atoms with E-state index in [1.165, 1.54) is 0 Å². The Morgan fingerprint density at radius 1 is 1.06 bits per heavy atom. The molecule has 7 nitrogen and oxygen atoms in total. The molecule has 0 amide bonds. The lowest BCUT2D eigenvalue weighted by molar-refractivity contribution is -0.173. The first kappa shape index (κ1) is 17.7. The molecule has 1 fully saturated rings. The summed E-state index contributed by atoms with van der Waals surface area (Å²) < 4.78 is 5.10. The predicted molar refractivity (Wildman–Crippen MR) is 66.8 cm³/mol. The van der Waals surface area contributed by atoms with Crippen LogP contribution in [-0.2, 0) is 14.4 Å². The summed E-state index contributed by atoms with van der Waals surface area (Å²) >= 11 is 0. The van der Waals surface area contributed by atoms with Crippen LogP contribution >= 0.6 is 0 Å². The first-order valence-electron chi connectivity index (χ1n) is 6.28. The van der Waals surface area contributed by atoms with Crippen LogP contribution in [0.2, 0.25) is 0 Å². The van der Waals surface area contributed by atoms with Crippen molar-refractivity contribution in [1.82, 2.24) is 10.5 Å². The first-order chi connectivity index (χ1) is 8.81. The van der Waals surface area contributed by atoms with Crippen LogP contribution in [-0.4, -0.2) is 74.9 Å². The van der Waals surface area contributed by atoms with Crippen molar-refractivity contribution in [2.75, 3.05) is 59.8 Å². The summed E-state index contributed by atoms with van der Waals surface area (Å²) in [4.78, 5) is 11.7. The summed E-state index contributed by atoms with van der Waals surface area (Å²) in [7, 11) is 2.11. The fraction of sp³-hybridized carbons (Fsp3) is 1.00. The van der Waals surface area contributed by atoms with Gasteiger partial charge in [-0.1, -0.05) is 5.64 Å². The lowest BCUT2D eigenvalue weighted by atomic mass is 10.5. The maximum absolute atomic E-state index is 8.33. The molecule has 0 radical (unpaired) electrons. The Bertz CT molecular complexity index is 148. The van der Waals surface area contributed by atoms with Gasteiger partial charge in [0.25, 0.3) is 0 Å². The number of aliphatic hydroxyl groups is 2. The fourth-order valence-corrected chi connectivity index (χ4v) is 1.05. The van der Waals surface area contributed by atoms with Gasteiger partial charge in [-0.15, -0.1) is 0 Å². The van der Waals surface area contributed by atoms with Crippen LogP contribution in [0.4, 0.5) is 0 Å². The molecule has 3 N–H and O–H groups in total. The van der Waals surface area contributed by atoms with E-state index in [0.717, 1.165) is 26.3 Å². The average molecular weight is 266 g/mol. The summed E-state index contributed by atoms with van der Waals surface area (Å²) in [6, 6.07) is 0. The standard InChI is InChI=1S/C6H15NO4.C5H11NO/c8-3-1-5-10-7-11-6-2-4-9;1-6-2-4-7-5-3-6/h7-9H,1-6H2;2-5H2,1H3. The van der Waals surface area contributed by atoms with Crippen molar-refractivity contribution < 1.29 is 24.6 Å². The molecule has 0 atom stereocenters. The minimum atomic E-state index is 0.109. The van der Waals surface area contributed by atoms with E-state index in [1.54, 1.807) is 0 Å². The molecular formula is C11H26N2O5. The number of nitrogens with one attached hydrogen (secondary N) is 1. The van der Waals surface area contributed by atoms with E-state index in [9.17, 15) is 0 Å². The van der Waals surface area contributed by atoms with Crippen LogP contribution in [0.1, 0.15) is 12.8 Å². The molecule has 0 aromatic carbocycles. The third-order valence-corrected chi connectivity index (χ3v) is 2.16. The molecule has 0 aromatic rings. The van der Waals surface area contributed by atoms with Crippen LogP contribution in [0, 0.1) is 0 Å². The van der Waals surface area contributed by atoms with Crippen LogP contribution in [0.25, 0.3) is 0 Å². The van der Waals surface area contributed by atoms with E-state index in [4.69, 9.17) is 24.6 Å².